The number of rotatable bonds is 3. The molecule has 0 aliphatic carbocycles. The van der Waals surface area contributed by atoms with E-state index in [-0.39, 0.29) is 0 Å². The number of aryl methyl sites for hydroxylation is 1. The second kappa shape index (κ2) is 5.19. The average molecular weight is 254 g/mol. The maximum absolute atomic E-state index is 9.96. The summed E-state index contributed by atoms with van der Waals surface area (Å²) < 4.78 is 0. The third-order valence-corrected chi connectivity index (χ3v) is 3.06. The molecule has 0 saturated heterocycles. The molecule has 3 heteroatoms. The van der Waals surface area contributed by atoms with Gasteiger partial charge in [0, 0.05) is 5.71 Å². The van der Waals surface area contributed by atoms with Crippen LogP contribution in [-0.2, 0) is 5.60 Å². The molecule has 0 bridgehead atoms. The van der Waals surface area contributed by atoms with Crippen LogP contribution in [0.4, 0.5) is 5.69 Å². The predicted molar refractivity (Wildman–Crippen MR) is 74.5 cm³/mol. The Bertz CT molecular complexity index is 421. The molecular formula is C14H20ClNO. The number of benzene rings is 1. The molecule has 1 rings (SSSR count). The lowest BCUT2D eigenvalue weighted by Gasteiger charge is -2.19. The number of hydrogen-bond donors (Lipinski definition) is 1. The summed E-state index contributed by atoms with van der Waals surface area (Å²) in [5.74, 6) is 0. The monoisotopic (exact) mass is 253 g/mol. The molecule has 0 aromatic heterocycles. The van der Waals surface area contributed by atoms with Gasteiger partial charge in [-0.25, -0.2) is 0 Å². The second-order valence-corrected chi connectivity index (χ2v) is 5.29. The Hall–Kier alpha value is -0.860. The van der Waals surface area contributed by atoms with Gasteiger partial charge in [-0.15, -0.1) is 0 Å². The third-order valence-electron chi connectivity index (χ3n) is 2.77. The molecule has 94 valence electrons. The topological polar surface area (TPSA) is 32.6 Å². The van der Waals surface area contributed by atoms with Crippen molar-refractivity contribution in [1.29, 1.82) is 0 Å². The number of nitrogens with zero attached hydrogens (tertiary/aromatic N) is 1. The molecule has 1 aromatic carbocycles. The van der Waals surface area contributed by atoms with E-state index in [4.69, 9.17) is 11.6 Å². The highest BCUT2D eigenvalue weighted by molar-refractivity contribution is 6.33. The largest absolute Gasteiger partial charge is 0.386 e. The van der Waals surface area contributed by atoms with E-state index < -0.39 is 5.60 Å². The highest BCUT2D eigenvalue weighted by Crippen LogP contribution is 2.34. The van der Waals surface area contributed by atoms with Crippen molar-refractivity contribution < 1.29 is 5.11 Å². The van der Waals surface area contributed by atoms with E-state index in [1.54, 1.807) is 19.9 Å². The molecule has 0 fully saturated rings. The van der Waals surface area contributed by atoms with Crippen molar-refractivity contribution in [3.05, 3.63) is 28.3 Å². The minimum absolute atomic E-state index is 0.593. The van der Waals surface area contributed by atoms with Gasteiger partial charge in [0.05, 0.1) is 16.3 Å². The van der Waals surface area contributed by atoms with E-state index in [1.165, 1.54) is 0 Å². The van der Waals surface area contributed by atoms with Crippen LogP contribution in [-0.4, -0.2) is 10.8 Å². The summed E-state index contributed by atoms with van der Waals surface area (Å²) in [6, 6.07) is 3.73. The van der Waals surface area contributed by atoms with Gasteiger partial charge in [0.25, 0.3) is 0 Å². The zero-order valence-electron chi connectivity index (χ0n) is 11.1. The first kappa shape index (κ1) is 14.2. The van der Waals surface area contributed by atoms with E-state index in [9.17, 15) is 5.11 Å². The van der Waals surface area contributed by atoms with Gasteiger partial charge in [-0.3, -0.25) is 4.99 Å². The van der Waals surface area contributed by atoms with Gasteiger partial charge in [0.15, 0.2) is 0 Å². The van der Waals surface area contributed by atoms with Crippen molar-refractivity contribution in [3.63, 3.8) is 0 Å². The van der Waals surface area contributed by atoms with Crippen LogP contribution >= 0.6 is 11.6 Å². The molecule has 0 aliphatic rings. The number of aliphatic hydroxyl groups is 1. The zero-order valence-corrected chi connectivity index (χ0v) is 11.9. The minimum atomic E-state index is -0.879. The summed E-state index contributed by atoms with van der Waals surface area (Å²) in [7, 11) is 0. The van der Waals surface area contributed by atoms with Crippen LogP contribution in [0, 0.1) is 6.92 Å². The lowest BCUT2D eigenvalue weighted by Crippen LogP contribution is -2.15. The van der Waals surface area contributed by atoms with E-state index >= 15 is 0 Å². The van der Waals surface area contributed by atoms with E-state index in [0.717, 1.165) is 28.9 Å². The highest BCUT2D eigenvalue weighted by Gasteiger charge is 2.18. The van der Waals surface area contributed by atoms with E-state index in [1.807, 2.05) is 19.9 Å². The summed E-state index contributed by atoms with van der Waals surface area (Å²) in [6.45, 7) is 9.51. The van der Waals surface area contributed by atoms with Crippen LogP contribution in [0.25, 0.3) is 0 Å². The standard InChI is InChI=1S/C14H20ClNO/c1-6-10(3)16-13-9(2)7-11(8-12(13)15)14(4,5)17/h7-8,17H,6H2,1-5H3. The fourth-order valence-electron chi connectivity index (χ4n) is 1.50. The Labute approximate surface area is 108 Å². The predicted octanol–water partition coefficient (Wildman–Crippen LogP) is 4.38. The summed E-state index contributed by atoms with van der Waals surface area (Å²) in [6.07, 6.45) is 0.906. The molecule has 0 radical (unpaired) electrons. The quantitative estimate of drug-likeness (QED) is 0.797. The van der Waals surface area contributed by atoms with E-state index in [0.29, 0.717) is 5.02 Å². The molecular weight excluding hydrogens is 234 g/mol. The van der Waals surface area contributed by atoms with Gasteiger partial charge in [-0.05, 0) is 51.3 Å². The first-order valence-electron chi connectivity index (χ1n) is 5.83. The molecule has 0 spiro atoms. The van der Waals surface area contributed by atoms with Gasteiger partial charge in [-0.1, -0.05) is 24.6 Å². The van der Waals surface area contributed by atoms with Crippen LogP contribution in [0.15, 0.2) is 17.1 Å². The molecule has 1 aromatic rings. The first-order valence-corrected chi connectivity index (χ1v) is 6.20. The van der Waals surface area contributed by atoms with Gasteiger partial charge in [0.1, 0.15) is 0 Å². The van der Waals surface area contributed by atoms with E-state index in [2.05, 4.69) is 11.9 Å². The van der Waals surface area contributed by atoms with Gasteiger partial charge in [0.2, 0.25) is 0 Å². The summed E-state index contributed by atoms with van der Waals surface area (Å²) >= 11 is 6.22. The minimum Gasteiger partial charge on any atom is -0.386 e. The second-order valence-electron chi connectivity index (χ2n) is 4.88. The zero-order chi connectivity index (χ0) is 13.2. The number of hydrogen-bond acceptors (Lipinski definition) is 2. The smallest absolute Gasteiger partial charge is 0.0844 e. The van der Waals surface area contributed by atoms with Crippen molar-refractivity contribution in [1.82, 2.24) is 0 Å². The maximum atomic E-state index is 9.96. The third kappa shape index (κ3) is 3.55. The Morgan fingerprint density at radius 3 is 2.41 bits per heavy atom. The first-order chi connectivity index (χ1) is 7.75. The number of halogens is 1. The summed E-state index contributed by atoms with van der Waals surface area (Å²) in [4.78, 5) is 4.50. The van der Waals surface area contributed by atoms with Crippen molar-refractivity contribution in [2.75, 3.05) is 0 Å². The SMILES string of the molecule is CCC(C)=Nc1c(C)cc(C(C)(C)O)cc1Cl. The normalized spacial score (nSPS) is 13.0. The van der Waals surface area contributed by atoms with Crippen molar-refractivity contribution >= 4 is 23.0 Å². The summed E-state index contributed by atoms with van der Waals surface area (Å²) in [5, 5.41) is 10.6. The highest BCUT2D eigenvalue weighted by atomic mass is 35.5. The molecule has 0 heterocycles. The lowest BCUT2D eigenvalue weighted by atomic mass is 9.96. The van der Waals surface area contributed by atoms with Crippen LogP contribution < -0.4 is 0 Å². The van der Waals surface area contributed by atoms with Gasteiger partial charge in [-0.2, -0.15) is 0 Å². The van der Waals surface area contributed by atoms with Crippen LogP contribution in [0.2, 0.25) is 5.02 Å². The Balaban J connectivity index is 3.30. The summed E-state index contributed by atoms with van der Waals surface area (Å²) in [5.41, 5.74) is 2.77. The molecule has 0 saturated carbocycles. The molecule has 0 aliphatic heterocycles. The van der Waals surface area contributed by atoms with Crippen LogP contribution in [0.1, 0.15) is 45.2 Å². The Kier molecular flexibility index (Phi) is 4.34. The number of aliphatic imine (C=N–C) groups is 1. The molecule has 0 atom stereocenters. The van der Waals surface area contributed by atoms with Crippen LogP contribution in [0.5, 0.6) is 0 Å². The Morgan fingerprint density at radius 1 is 1.41 bits per heavy atom. The molecule has 1 N–H and O–H groups in total. The average Bonchev–Trinajstić information content (AvgIpc) is 2.21. The molecule has 0 unspecified atom stereocenters. The van der Waals surface area contributed by atoms with Crippen molar-refractivity contribution in [2.45, 2.75) is 46.6 Å². The van der Waals surface area contributed by atoms with Crippen molar-refractivity contribution in [2.24, 2.45) is 4.99 Å². The maximum Gasteiger partial charge on any atom is 0.0844 e. The fourth-order valence-corrected chi connectivity index (χ4v) is 1.81. The molecule has 0 amide bonds. The van der Waals surface area contributed by atoms with Crippen molar-refractivity contribution in [3.8, 4) is 0 Å². The Morgan fingerprint density at radius 2 is 2.00 bits per heavy atom. The molecule has 17 heavy (non-hydrogen) atoms. The van der Waals surface area contributed by atoms with Gasteiger partial charge < -0.3 is 5.11 Å². The molecule has 2 nitrogen and oxygen atoms in total. The van der Waals surface area contributed by atoms with Crippen LogP contribution in [0.3, 0.4) is 0 Å². The lowest BCUT2D eigenvalue weighted by molar-refractivity contribution is 0.0785. The fraction of sp³-hybridized carbons (Fsp3) is 0.500. The van der Waals surface area contributed by atoms with Gasteiger partial charge >= 0.3 is 0 Å².